The fraction of sp³-hybridized carbons (Fsp3) is 0.889. The molecule has 76 valence electrons. The number of hydrogen-bond donors (Lipinski definition) is 2. The first kappa shape index (κ1) is 10.7. The fourth-order valence-corrected chi connectivity index (χ4v) is 2.77. The van der Waals surface area contributed by atoms with Gasteiger partial charge in [-0.05, 0) is 31.6 Å². The van der Waals surface area contributed by atoms with Crippen molar-refractivity contribution in [2.45, 2.75) is 44.3 Å². The fourth-order valence-electron chi connectivity index (χ4n) is 1.86. The van der Waals surface area contributed by atoms with Crippen molar-refractivity contribution in [2.75, 3.05) is 0 Å². The molecule has 1 aliphatic rings. The number of thioether (sulfide) groups is 1. The van der Waals surface area contributed by atoms with E-state index in [2.05, 4.69) is 12.0 Å². The Labute approximate surface area is 84.3 Å². The standard InChI is InChI=1S/C9H19N3S/c1-2-7-3-5-8(6-4-7)13-9(10)12-11/h7-8H,2-6,11H2,1H3,(H2,10,12). The van der Waals surface area contributed by atoms with Gasteiger partial charge in [-0.1, -0.05) is 25.1 Å². The van der Waals surface area contributed by atoms with E-state index in [-0.39, 0.29) is 0 Å². The minimum atomic E-state index is 0.528. The molecule has 1 saturated carbocycles. The summed E-state index contributed by atoms with van der Waals surface area (Å²) in [7, 11) is 0. The van der Waals surface area contributed by atoms with Crippen molar-refractivity contribution >= 4 is 16.9 Å². The van der Waals surface area contributed by atoms with Crippen molar-refractivity contribution in [3.63, 3.8) is 0 Å². The predicted octanol–water partition coefficient (Wildman–Crippen LogP) is 1.88. The van der Waals surface area contributed by atoms with Crippen molar-refractivity contribution in [2.24, 2.45) is 22.6 Å². The molecule has 4 N–H and O–H groups in total. The van der Waals surface area contributed by atoms with E-state index in [1.54, 1.807) is 11.8 Å². The summed E-state index contributed by atoms with van der Waals surface area (Å²) in [6.07, 6.45) is 6.52. The number of nitrogens with two attached hydrogens (primary N) is 2. The normalized spacial score (nSPS) is 30.4. The Morgan fingerprint density at radius 1 is 1.38 bits per heavy atom. The molecule has 1 rings (SSSR count). The number of hydrogen-bond acceptors (Lipinski definition) is 3. The van der Waals surface area contributed by atoms with Crippen LogP contribution in [0.4, 0.5) is 0 Å². The molecule has 0 aromatic heterocycles. The van der Waals surface area contributed by atoms with Crippen LogP contribution >= 0.6 is 11.8 Å². The molecule has 13 heavy (non-hydrogen) atoms. The Kier molecular flexibility index (Phi) is 4.42. The molecule has 0 heterocycles. The average Bonchev–Trinajstić information content (AvgIpc) is 2.19. The van der Waals surface area contributed by atoms with E-state index in [9.17, 15) is 0 Å². The molecule has 0 amide bonds. The highest BCUT2D eigenvalue weighted by Crippen LogP contribution is 2.33. The highest BCUT2D eigenvalue weighted by atomic mass is 32.2. The Hall–Kier alpha value is -0.380. The van der Waals surface area contributed by atoms with Gasteiger partial charge in [0.25, 0.3) is 0 Å². The van der Waals surface area contributed by atoms with Gasteiger partial charge in [-0.3, -0.25) is 0 Å². The number of amidine groups is 1. The summed E-state index contributed by atoms with van der Waals surface area (Å²) in [6, 6.07) is 0. The number of rotatable bonds is 2. The van der Waals surface area contributed by atoms with E-state index < -0.39 is 0 Å². The van der Waals surface area contributed by atoms with Gasteiger partial charge in [-0.2, -0.15) is 5.10 Å². The minimum Gasteiger partial charge on any atom is -0.377 e. The molecule has 3 nitrogen and oxygen atoms in total. The second kappa shape index (κ2) is 5.37. The Morgan fingerprint density at radius 3 is 2.46 bits per heavy atom. The molecule has 0 aromatic carbocycles. The molecule has 0 radical (unpaired) electrons. The van der Waals surface area contributed by atoms with Gasteiger partial charge in [0.1, 0.15) is 0 Å². The number of nitrogens with zero attached hydrogens (tertiary/aromatic N) is 1. The van der Waals surface area contributed by atoms with E-state index in [0.29, 0.717) is 10.4 Å². The van der Waals surface area contributed by atoms with Gasteiger partial charge in [0, 0.05) is 5.25 Å². The molecule has 0 aliphatic heterocycles. The van der Waals surface area contributed by atoms with E-state index in [1.807, 2.05) is 0 Å². The Balaban J connectivity index is 2.25. The number of hydrazone groups is 1. The van der Waals surface area contributed by atoms with Crippen LogP contribution in [0.15, 0.2) is 5.10 Å². The lowest BCUT2D eigenvalue weighted by Gasteiger charge is -2.26. The van der Waals surface area contributed by atoms with Gasteiger partial charge < -0.3 is 11.6 Å². The van der Waals surface area contributed by atoms with E-state index in [1.165, 1.54) is 32.1 Å². The van der Waals surface area contributed by atoms with Gasteiger partial charge in [-0.25, -0.2) is 0 Å². The molecule has 0 spiro atoms. The first-order chi connectivity index (χ1) is 6.26. The first-order valence-corrected chi connectivity index (χ1v) is 5.84. The summed E-state index contributed by atoms with van der Waals surface area (Å²) in [5, 5.41) is 4.66. The third-order valence-corrected chi connectivity index (χ3v) is 3.94. The van der Waals surface area contributed by atoms with Crippen molar-refractivity contribution in [1.29, 1.82) is 0 Å². The third kappa shape index (κ3) is 3.46. The molecule has 0 unspecified atom stereocenters. The highest BCUT2D eigenvalue weighted by Gasteiger charge is 2.20. The molecule has 1 fully saturated rings. The van der Waals surface area contributed by atoms with Crippen LogP contribution in [0.5, 0.6) is 0 Å². The second-order valence-corrected chi connectivity index (χ2v) is 4.96. The maximum Gasteiger partial charge on any atom is 0.177 e. The summed E-state index contributed by atoms with van der Waals surface area (Å²) < 4.78 is 0. The van der Waals surface area contributed by atoms with E-state index >= 15 is 0 Å². The van der Waals surface area contributed by atoms with E-state index in [0.717, 1.165) is 5.92 Å². The SMILES string of the molecule is CCC1CCC(SC(N)=NN)CC1. The zero-order valence-electron chi connectivity index (χ0n) is 8.20. The summed E-state index contributed by atoms with van der Waals surface area (Å²) in [5.41, 5.74) is 5.56. The Morgan fingerprint density at radius 2 is 2.00 bits per heavy atom. The quantitative estimate of drug-likeness (QED) is 0.310. The van der Waals surface area contributed by atoms with Crippen LogP contribution in [-0.4, -0.2) is 10.4 Å². The van der Waals surface area contributed by atoms with Gasteiger partial charge in [-0.15, -0.1) is 0 Å². The van der Waals surface area contributed by atoms with Crippen molar-refractivity contribution in [1.82, 2.24) is 0 Å². The molecular formula is C9H19N3S. The van der Waals surface area contributed by atoms with Crippen LogP contribution in [0, 0.1) is 5.92 Å². The average molecular weight is 201 g/mol. The summed E-state index contributed by atoms with van der Waals surface area (Å²) in [4.78, 5) is 0. The lowest BCUT2D eigenvalue weighted by atomic mass is 9.87. The van der Waals surface area contributed by atoms with Gasteiger partial charge >= 0.3 is 0 Å². The lowest BCUT2D eigenvalue weighted by molar-refractivity contribution is 0.357. The molecule has 4 heteroatoms. The summed E-state index contributed by atoms with van der Waals surface area (Å²) in [6.45, 7) is 2.27. The lowest BCUT2D eigenvalue weighted by Crippen LogP contribution is -2.20. The predicted molar refractivity (Wildman–Crippen MR) is 59.4 cm³/mol. The highest BCUT2D eigenvalue weighted by molar-refractivity contribution is 8.14. The smallest absolute Gasteiger partial charge is 0.177 e. The van der Waals surface area contributed by atoms with E-state index in [4.69, 9.17) is 11.6 Å². The maximum atomic E-state index is 5.56. The zero-order chi connectivity index (χ0) is 9.68. The maximum absolute atomic E-state index is 5.56. The molecule has 0 atom stereocenters. The van der Waals surface area contributed by atoms with Gasteiger partial charge in [0.2, 0.25) is 0 Å². The molecule has 0 bridgehead atoms. The molecule has 0 aromatic rings. The zero-order valence-corrected chi connectivity index (χ0v) is 9.02. The summed E-state index contributed by atoms with van der Waals surface area (Å²) >= 11 is 1.64. The summed E-state index contributed by atoms with van der Waals surface area (Å²) in [5.74, 6) is 6.02. The minimum absolute atomic E-state index is 0.528. The molecule has 1 aliphatic carbocycles. The van der Waals surface area contributed by atoms with Crippen LogP contribution in [0.25, 0.3) is 0 Å². The van der Waals surface area contributed by atoms with Crippen LogP contribution in [0.3, 0.4) is 0 Å². The van der Waals surface area contributed by atoms with Crippen molar-refractivity contribution in [3.05, 3.63) is 0 Å². The Bertz CT molecular complexity index is 174. The van der Waals surface area contributed by atoms with Crippen LogP contribution < -0.4 is 11.6 Å². The van der Waals surface area contributed by atoms with Crippen LogP contribution in [-0.2, 0) is 0 Å². The molecular weight excluding hydrogens is 182 g/mol. The topological polar surface area (TPSA) is 64.4 Å². The monoisotopic (exact) mass is 201 g/mol. The van der Waals surface area contributed by atoms with Crippen molar-refractivity contribution in [3.8, 4) is 0 Å². The van der Waals surface area contributed by atoms with Crippen molar-refractivity contribution < 1.29 is 0 Å². The van der Waals surface area contributed by atoms with Gasteiger partial charge in [0.15, 0.2) is 5.17 Å². The van der Waals surface area contributed by atoms with Crippen LogP contribution in [0.1, 0.15) is 39.0 Å². The molecule has 0 saturated heterocycles. The first-order valence-electron chi connectivity index (χ1n) is 4.96. The largest absolute Gasteiger partial charge is 0.377 e. The second-order valence-electron chi connectivity index (χ2n) is 3.64. The third-order valence-electron chi connectivity index (χ3n) is 2.79. The van der Waals surface area contributed by atoms with Crippen LogP contribution in [0.2, 0.25) is 0 Å². The van der Waals surface area contributed by atoms with Gasteiger partial charge in [0.05, 0.1) is 0 Å².